The Bertz CT molecular complexity index is 195. The molecule has 0 saturated carbocycles. The zero-order valence-corrected chi connectivity index (χ0v) is 8.14. The number of Topliss-reactive ketones (excluding diaryl/α,β-unsaturated/α-hetero) is 1. The summed E-state index contributed by atoms with van der Waals surface area (Å²) in [6, 6.07) is 0. The first kappa shape index (κ1) is 10.4. The second-order valence-corrected chi connectivity index (χ2v) is 3.31. The Morgan fingerprint density at radius 3 is 3.00 bits per heavy atom. The van der Waals surface area contributed by atoms with Crippen molar-refractivity contribution < 1.29 is 9.53 Å². The predicted octanol–water partition coefficient (Wildman–Crippen LogP) is 0.900. The summed E-state index contributed by atoms with van der Waals surface area (Å²) in [7, 11) is 0. The van der Waals surface area contributed by atoms with Crippen molar-refractivity contribution in [3.8, 4) is 0 Å². The second-order valence-electron chi connectivity index (χ2n) is 3.31. The van der Waals surface area contributed by atoms with Crippen molar-refractivity contribution in [2.24, 2.45) is 0 Å². The summed E-state index contributed by atoms with van der Waals surface area (Å²) in [6.45, 7) is 7.95. The van der Waals surface area contributed by atoms with Gasteiger partial charge in [0, 0.05) is 19.5 Å². The standard InChI is InChI=1S/C10H17NO2/c1-3-8(2)6-9(12)10-7-11-4-5-13-10/h10-11H,2-7H2,1H3. The number of ether oxygens (including phenoxy) is 1. The molecule has 3 nitrogen and oxygen atoms in total. The van der Waals surface area contributed by atoms with Gasteiger partial charge in [0.15, 0.2) is 5.78 Å². The van der Waals surface area contributed by atoms with Crippen LogP contribution in [0.2, 0.25) is 0 Å². The van der Waals surface area contributed by atoms with Crippen LogP contribution in [-0.4, -0.2) is 31.6 Å². The Kier molecular flexibility index (Phi) is 4.12. The quantitative estimate of drug-likeness (QED) is 0.658. The highest BCUT2D eigenvalue weighted by Crippen LogP contribution is 2.08. The third-order valence-electron chi connectivity index (χ3n) is 2.21. The number of carbonyl (C=O) groups excluding carboxylic acids is 1. The van der Waals surface area contributed by atoms with Crippen LogP contribution in [0.4, 0.5) is 0 Å². The van der Waals surface area contributed by atoms with Crippen LogP contribution in [0.25, 0.3) is 0 Å². The molecule has 0 aromatic rings. The monoisotopic (exact) mass is 183 g/mol. The maximum Gasteiger partial charge on any atom is 0.166 e. The Labute approximate surface area is 79.2 Å². The van der Waals surface area contributed by atoms with Crippen LogP contribution in [0.3, 0.4) is 0 Å². The number of hydrogen-bond acceptors (Lipinski definition) is 3. The van der Waals surface area contributed by atoms with E-state index in [0.717, 1.165) is 18.5 Å². The molecular weight excluding hydrogens is 166 g/mol. The molecule has 1 unspecified atom stereocenters. The van der Waals surface area contributed by atoms with Crippen molar-refractivity contribution in [3.63, 3.8) is 0 Å². The number of hydrogen-bond donors (Lipinski definition) is 1. The Balaban J connectivity index is 2.33. The van der Waals surface area contributed by atoms with Gasteiger partial charge in [-0.3, -0.25) is 4.79 Å². The summed E-state index contributed by atoms with van der Waals surface area (Å²) in [6.07, 6.45) is 1.08. The first-order valence-corrected chi connectivity index (χ1v) is 4.75. The van der Waals surface area contributed by atoms with Crippen LogP contribution in [0, 0.1) is 0 Å². The number of allylic oxidation sites excluding steroid dienone is 1. The molecule has 3 heteroatoms. The van der Waals surface area contributed by atoms with Crippen LogP contribution in [0.5, 0.6) is 0 Å². The van der Waals surface area contributed by atoms with Crippen molar-refractivity contribution in [3.05, 3.63) is 12.2 Å². The molecule has 74 valence electrons. The van der Waals surface area contributed by atoms with Crippen molar-refractivity contribution >= 4 is 5.78 Å². The fraction of sp³-hybridized carbons (Fsp3) is 0.700. The van der Waals surface area contributed by atoms with Gasteiger partial charge in [0.05, 0.1) is 6.61 Å². The normalized spacial score (nSPS) is 22.7. The number of carbonyl (C=O) groups is 1. The maximum atomic E-state index is 11.5. The minimum absolute atomic E-state index is 0.152. The van der Waals surface area contributed by atoms with Gasteiger partial charge in [-0.25, -0.2) is 0 Å². The van der Waals surface area contributed by atoms with Gasteiger partial charge in [0.25, 0.3) is 0 Å². The average molecular weight is 183 g/mol. The SMILES string of the molecule is C=C(CC)CC(=O)C1CNCCO1. The number of ketones is 1. The van der Waals surface area contributed by atoms with E-state index in [1.54, 1.807) is 0 Å². The van der Waals surface area contributed by atoms with Crippen molar-refractivity contribution in [2.45, 2.75) is 25.9 Å². The molecule has 13 heavy (non-hydrogen) atoms. The summed E-state index contributed by atoms with van der Waals surface area (Å²) in [5.41, 5.74) is 0.985. The predicted molar refractivity (Wildman–Crippen MR) is 51.7 cm³/mol. The third-order valence-corrected chi connectivity index (χ3v) is 2.21. The van der Waals surface area contributed by atoms with E-state index in [1.807, 2.05) is 6.92 Å². The zero-order valence-electron chi connectivity index (χ0n) is 8.14. The molecule has 0 amide bonds. The van der Waals surface area contributed by atoms with Gasteiger partial charge in [-0.2, -0.15) is 0 Å². The minimum Gasteiger partial charge on any atom is -0.368 e. The van der Waals surface area contributed by atoms with Gasteiger partial charge < -0.3 is 10.1 Å². The van der Waals surface area contributed by atoms with Gasteiger partial charge in [0.1, 0.15) is 6.10 Å². The topological polar surface area (TPSA) is 38.3 Å². The van der Waals surface area contributed by atoms with E-state index in [9.17, 15) is 4.79 Å². The largest absolute Gasteiger partial charge is 0.368 e. The van der Waals surface area contributed by atoms with Crippen molar-refractivity contribution in [2.75, 3.05) is 19.7 Å². The lowest BCUT2D eigenvalue weighted by Crippen LogP contribution is -2.43. The van der Waals surface area contributed by atoms with E-state index in [1.165, 1.54) is 0 Å². The Hall–Kier alpha value is -0.670. The fourth-order valence-corrected chi connectivity index (χ4v) is 1.26. The van der Waals surface area contributed by atoms with Crippen LogP contribution in [-0.2, 0) is 9.53 Å². The van der Waals surface area contributed by atoms with Gasteiger partial charge >= 0.3 is 0 Å². The molecule has 0 aromatic carbocycles. The fourth-order valence-electron chi connectivity index (χ4n) is 1.26. The molecule has 1 atom stereocenters. The van der Waals surface area contributed by atoms with Gasteiger partial charge in [0.2, 0.25) is 0 Å². The highest BCUT2D eigenvalue weighted by atomic mass is 16.5. The molecule has 0 aromatic heterocycles. The zero-order chi connectivity index (χ0) is 9.68. The van der Waals surface area contributed by atoms with E-state index in [0.29, 0.717) is 19.6 Å². The molecule has 1 fully saturated rings. The molecule has 1 N–H and O–H groups in total. The van der Waals surface area contributed by atoms with E-state index < -0.39 is 0 Å². The maximum absolute atomic E-state index is 11.5. The number of nitrogens with one attached hydrogen (secondary N) is 1. The highest BCUT2D eigenvalue weighted by Gasteiger charge is 2.21. The van der Waals surface area contributed by atoms with Crippen LogP contribution < -0.4 is 5.32 Å². The second kappa shape index (κ2) is 5.14. The summed E-state index contributed by atoms with van der Waals surface area (Å²) < 4.78 is 5.33. The number of rotatable bonds is 4. The Morgan fingerprint density at radius 2 is 2.46 bits per heavy atom. The molecule has 1 saturated heterocycles. The van der Waals surface area contributed by atoms with E-state index in [2.05, 4.69) is 11.9 Å². The van der Waals surface area contributed by atoms with E-state index in [4.69, 9.17) is 4.74 Å². The van der Waals surface area contributed by atoms with E-state index >= 15 is 0 Å². The Morgan fingerprint density at radius 1 is 1.69 bits per heavy atom. The average Bonchev–Trinajstić information content (AvgIpc) is 2.19. The molecule has 0 spiro atoms. The molecule has 0 radical (unpaired) electrons. The smallest absolute Gasteiger partial charge is 0.166 e. The summed E-state index contributed by atoms with van der Waals surface area (Å²) in [5, 5.41) is 3.13. The third kappa shape index (κ3) is 3.28. The van der Waals surface area contributed by atoms with Gasteiger partial charge in [-0.15, -0.1) is 0 Å². The first-order chi connectivity index (χ1) is 6.24. The molecule has 1 aliphatic heterocycles. The highest BCUT2D eigenvalue weighted by molar-refractivity contribution is 5.85. The number of morpholine rings is 1. The minimum atomic E-state index is -0.253. The summed E-state index contributed by atoms with van der Waals surface area (Å²) in [4.78, 5) is 11.5. The lowest BCUT2D eigenvalue weighted by atomic mass is 10.0. The summed E-state index contributed by atoms with van der Waals surface area (Å²) in [5.74, 6) is 0.152. The van der Waals surface area contributed by atoms with Crippen molar-refractivity contribution in [1.82, 2.24) is 5.32 Å². The van der Waals surface area contributed by atoms with Gasteiger partial charge in [-0.05, 0) is 6.42 Å². The lowest BCUT2D eigenvalue weighted by Gasteiger charge is -2.22. The van der Waals surface area contributed by atoms with Crippen molar-refractivity contribution in [1.29, 1.82) is 0 Å². The molecule has 0 bridgehead atoms. The molecule has 1 rings (SSSR count). The molecule has 0 aliphatic carbocycles. The molecule has 1 heterocycles. The van der Waals surface area contributed by atoms with Crippen LogP contribution in [0.1, 0.15) is 19.8 Å². The van der Waals surface area contributed by atoms with E-state index in [-0.39, 0.29) is 11.9 Å². The molecule has 1 aliphatic rings. The van der Waals surface area contributed by atoms with Crippen LogP contribution >= 0.6 is 0 Å². The van der Waals surface area contributed by atoms with Crippen LogP contribution in [0.15, 0.2) is 12.2 Å². The summed E-state index contributed by atoms with van der Waals surface area (Å²) >= 11 is 0. The molecular formula is C10H17NO2. The van der Waals surface area contributed by atoms with Gasteiger partial charge in [-0.1, -0.05) is 19.1 Å². The lowest BCUT2D eigenvalue weighted by molar-refractivity contribution is -0.131. The first-order valence-electron chi connectivity index (χ1n) is 4.75.